The van der Waals surface area contributed by atoms with Gasteiger partial charge in [-0.05, 0) is 18.2 Å². The number of hydrogen-bond donors (Lipinski definition) is 2. The van der Waals surface area contributed by atoms with Crippen LogP contribution in [0.4, 0.5) is 0 Å². The Morgan fingerprint density at radius 2 is 2.47 bits per heavy atom. The highest BCUT2D eigenvalue weighted by atomic mass is 16.1. The zero-order valence-electron chi connectivity index (χ0n) is 8.16. The van der Waals surface area contributed by atoms with Crippen LogP contribution in [-0.4, -0.2) is 22.4 Å². The molecule has 0 atom stereocenters. The minimum Gasteiger partial charge on any atom is -0.349 e. The van der Waals surface area contributed by atoms with Gasteiger partial charge < -0.3 is 10.3 Å². The molecular formula is C11H11N3O. The van der Waals surface area contributed by atoms with E-state index < -0.39 is 0 Å². The maximum Gasteiger partial charge on any atom is 0.251 e. The van der Waals surface area contributed by atoms with E-state index in [0.717, 1.165) is 11.0 Å². The Bertz CT molecular complexity index is 501. The van der Waals surface area contributed by atoms with Gasteiger partial charge in [0.05, 0.1) is 17.4 Å². The Hall–Kier alpha value is -2.10. The molecule has 15 heavy (non-hydrogen) atoms. The van der Waals surface area contributed by atoms with E-state index in [-0.39, 0.29) is 5.91 Å². The lowest BCUT2D eigenvalue weighted by Crippen LogP contribution is -2.22. The fourth-order valence-electron chi connectivity index (χ4n) is 1.34. The number of rotatable bonds is 3. The molecule has 2 rings (SSSR count). The summed E-state index contributed by atoms with van der Waals surface area (Å²) in [7, 11) is 0. The van der Waals surface area contributed by atoms with Crippen LogP contribution < -0.4 is 5.32 Å². The van der Waals surface area contributed by atoms with Crippen LogP contribution in [0.3, 0.4) is 0 Å². The fourth-order valence-corrected chi connectivity index (χ4v) is 1.34. The van der Waals surface area contributed by atoms with Gasteiger partial charge >= 0.3 is 0 Å². The predicted molar refractivity (Wildman–Crippen MR) is 58.6 cm³/mol. The molecule has 1 amide bonds. The monoisotopic (exact) mass is 201 g/mol. The second-order valence-corrected chi connectivity index (χ2v) is 3.13. The van der Waals surface area contributed by atoms with Crippen molar-refractivity contribution in [3.8, 4) is 0 Å². The summed E-state index contributed by atoms with van der Waals surface area (Å²) in [6, 6.07) is 5.34. The normalized spacial score (nSPS) is 10.1. The molecule has 0 bridgehead atoms. The van der Waals surface area contributed by atoms with Crippen LogP contribution >= 0.6 is 0 Å². The molecular weight excluding hydrogens is 190 g/mol. The average molecular weight is 201 g/mol. The van der Waals surface area contributed by atoms with Gasteiger partial charge in [0.25, 0.3) is 5.91 Å². The molecule has 76 valence electrons. The van der Waals surface area contributed by atoms with Gasteiger partial charge in [0.15, 0.2) is 0 Å². The van der Waals surface area contributed by atoms with E-state index in [2.05, 4.69) is 21.9 Å². The first-order chi connectivity index (χ1) is 7.31. The lowest BCUT2D eigenvalue weighted by Gasteiger charge is -2.01. The summed E-state index contributed by atoms with van der Waals surface area (Å²) in [5, 5.41) is 2.71. The zero-order chi connectivity index (χ0) is 10.7. The Kier molecular flexibility index (Phi) is 2.49. The minimum absolute atomic E-state index is 0.105. The van der Waals surface area contributed by atoms with Crippen molar-refractivity contribution in [2.75, 3.05) is 6.54 Å². The third kappa shape index (κ3) is 1.88. The van der Waals surface area contributed by atoms with Crippen molar-refractivity contribution in [1.82, 2.24) is 15.3 Å². The molecule has 4 nitrogen and oxygen atoms in total. The third-order valence-corrected chi connectivity index (χ3v) is 2.09. The number of fused-ring (bicyclic) bond motifs is 1. The molecule has 0 aliphatic heterocycles. The smallest absolute Gasteiger partial charge is 0.251 e. The van der Waals surface area contributed by atoms with Gasteiger partial charge in [0, 0.05) is 12.1 Å². The number of hydrogen-bond acceptors (Lipinski definition) is 2. The molecule has 0 saturated carbocycles. The van der Waals surface area contributed by atoms with Crippen LogP contribution in [0, 0.1) is 0 Å². The Morgan fingerprint density at radius 1 is 1.60 bits per heavy atom. The van der Waals surface area contributed by atoms with Crippen molar-refractivity contribution in [2.24, 2.45) is 0 Å². The van der Waals surface area contributed by atoms with Crippen LogP contribution in [0.2, 0.25) is 0 Å². The Morgan fingerprint density at radius 3 is 3.27 bits per heavy atom. The molecule has 0 aliphatic carbocycles. The molecule has 0 radical (unpaired) electrons. The van der Waals surface area contributed by atoms with E-state index >= 15 is 0 Å². The molecule has 1 aromatic carbocycles. The number of aromatic amines is 1. The Balaban J connectivity index is 2.27. The van der Waals surface area contributed by atoms with Crippen molar-refractivity contribution in [3.05, 3.63) is 42.7 Å². The predicted octanol–water partition coefficient (Wildman–Crippen LogP) is 1.48. The molecule has 0 aliphatic rings. The quantitative estimate of drug-likeness (QED) is 0.739. The summed E-state index contributed by atoms with van der Waals surface area (Å²) in [5.74, 6) is -0.105. The topological polar surface area (TPSA) is 57.8 Å². The number of imidazole rings is 1. The number of benzene rings is 1. The van der Waals surface area contributed by atoms with Gasteiger partial charge in [-0.2, -0.15) is 0 Å². The van der Waals surface area contributed by atoms with Crippen molar-refractivity contribution >= 4 is 16.9 Å². The van der Waals surface area contributed by atoms with E-state index in [0.29, 0.717) is 12.1 Å². The highest BCUT2D eigenvalue weighted by Gasteiger charge is 2.05. The van der Waals surface area contributed by atoms with Crippen molar-refractivity contribution in [2.45, 2.75) is 0 Å². The highest BCUT2D eigenvalue weighted by Crippen LogP contribution is 2.11. The standard InChI is InChI=1S/C11H11N3O/c1-2-5-12-11(15)8-3-4-9-10(6-8)14-7-13-9/h2-4,6-7H,1,5H2,(H,12,15)(H,13,14). The van der Waals surface area contributed by atoms with E-state index in [4.69, 9.17) is 0 Å². The van der Waals surface area contributed by atoms with E-state index in [1.54, 1.807) is 24.5 Å². The van der Waals surface area contributed by atoms with Crippen LogP contribution in [0.15, 0.2) is 37.2 Å². The molecule has 0 fully saturated rings. The number of nitrogens with one attached hydrogen (secondary N) is 2. The number of carbonyl (C=O) groups is 1. The first kappa shape index (κ1) is 9.45. The number of carbonyl (C=O) groups excluding carboxylic acids is 1. The molecule has 1 aromatic heterocycles. The summed E-state index contributed by atoms with van der Waals surface area (Å²) < 4.78 is 0. The van der Waals surface area contributed by atoms with Crippen molar-refractivity contribution in [3.63, 3.8) is 0 Å². The second kappa shape index (κ2) is 3.96. The highest BCUT2D eigenvalue weighted by molar-refractivity contribution is 5.97. The van der Waals surface area contributed by atoms with Crippen LogP contribution in [-0.2, 0) is 0 Å². The molecule has 4 heteroatoms. The molecule has 1 heterocycles. The lowest BCUT2D eigenvalue weighted by atomic mass is 10.2. The molecule has 0 saturated heterocycles. The maximum absolute atomic E-state index is 11.6. The second-order valence-electron chi connectivity index (χ2n) is 3.13. The fraction of sp³-hybridized carbons (Fsp3) is 0.0909. The zero-order valence-corrected chi connectivity index (χ0v) is 8.16. The van der Waals surface area contributed by atoms with Gasteiger partial charge in [0.1, 0.15) is 0 Å². The lowest BCUT2D eigenvalue weighted by molar-refractivity contribution is 0.0958. The van der Waals surface area contributed by atoms with Crippen molar-refractivity contribution in [1.29, 1.82) is 0 Å². The molecule has 0 unspecified atom stereocenters. The van der Waals surface area contributed by atoms with E-state index in [1.165, 1.54) is 0 Å². The average Bonchev–Trinajstić information content (AvgIpc) is 2.72. The summed E-state index contributed by atoms with van der Waals surface area (Å²) in [6.45, 7) is 4.01. The molecule has 0 spiro atoms. The number of H-pyrrole nitrogens is 1. The first-order valence-corrected chi connectivity index (χ1v) is 4.63. The summed E-state index contributed by atoms with van der Waals surface area (Å²) in [5.41, 5.74) is 2.34. The molecule has 2 N–H and O–H groups in total. The Labute approximate surface area is 87.0 Å². The van der Waals surface area contributed by atoms with Gasteiger partial charge in [-0.15, -0.1) is 6.58 Å². The van der Waals surface area contributed by atoms with Crippen LogP contribution in [0.1, 0.15) is 10.4 Å². The van der Waals surface area contributed by atoms with E-state index in [1.807, 2.05) is 6.07 Å². The van der Waals surface area contributed by atoms with Gasteiger partial charge in [-0.1, -0.05) is 6.08 Å². The van der Waals surface area contributed by atoms with Gasteiger partial charge in [0.2, 0.25) is 0 Å². The summed E-state index contributed by atoms with van der Waals surface area (Å²) >= 11 is 0. The molecule has 2 aromatic rings. The van der Waals surface area contributed by atoms with Gasteiger partial charge in [-0.3, -0.25) is 4.79 Å². The summed E-state index contributed by atoms with van der Waals surface area (Å²) in [4.78, 5) is 18.6. The van der Waals surface area contributed by atoms with E-state index in [9.17, 15) is 4.79 Å². The number of nitrogens with zero attached hydrogens (tertiary/aromatic N) is 1. The first-order valence-electron chi connectivity index (χ1n) is 4.63. The maximum atomic E-state index is 11.6. The van der Waals surface area contributed by atoms with Gasteiger partial charge in [-0.25, -0.2) is 4.98 Å². The largest absolute Gasteiger partial charge is 0.349 e. The minimum atomic E-state index is -0.105. The number of amides is 1. The third-order valence-electron chi connectivity index (χ3n) is 2.09. The number of aromatic nitrogens is 2. The van der Waals surface area contributed by atoms with Crippen LogP contribution in [0.25, 0.3) is 11.0 Å². The summed E-state index contributed by atoms with van der Waals surface area (Å²) in [6.07, 6.45) is 3.25. The SMILES string of the molecule is C=CCNC(=O)c1ccc2nc[nH]c2c1. The van der Waals surface area contributed by atoms with Crippen molar-refractivity contribution < 1.29 is 4.79 Å². The van der Waals surface area contributed by atoms with Crippen LogP contribution in [0.5, 0.6) is 0 Å².